The molecule has 21 heavy (non-hydrogen) atoms. The number of hydrogen-bond donors (Lipinski definition) is 1. The lowest BCUT2D eigenvalue weighted by molar-refractivity contribution is -0.139. The molecule has 6 heteroatoms. The Balaban J connectivity index is 2.02. The first-order valence-electron chi connectivity index (χ1n) is 6.92. The fourth-order valence-electron chi connectivity index (χ4n) is 3.72. The maximum atomic E-state index is 14.5. The molecule has 4 nitrogen and oxygen atoms in total. The summed E-state index contributed by atoms with van der Waals surface area (Å²) in [7, 11) is 0. The quantitative estimate of drug-likeness (QED) is 0.887. The summed E-state index contributed by atoms with van der Waals surface area (Å²) < 4.78 is 14.6. The molecule has 110 valence electrons. The lowest BCUT2D eigenvalue weighted by atomic mass is 9.94. The number of nitrogens with zero attached hydrogens (tertiary/aromatic N) is 2. The lowest BCUT2D eigenvalue weighted by Crippen LogP contribution is -2.40. The van der Waals surface area contributed by atoms with E-state index in [1.807, 2.05) is 6.07 Å². The fourth-order valence-corrected chi connectivity index (χ4v) is 4.14. The second-order valence-corrected chi connectivity index (χ2v) is 6.46. The van der Waals surface area contributed by atoms with E-state index in [0.29, 0.717) is 12.5 Å². The number of aliphatic carboxylic acids is 1. The Hall–Kier alpha value is -1.61. The van der Waals surface area contributed by atoms with E-state index in [2.05, 4.69) is 15.9 Å². The van der Waals surface area contributed by atoms with Crippen molar-refractivity contribution in [2.24, 2.45) is 11.8 Å². The molecule has 1 aromatic carbocycles. The van der Waals surface area contributed by atoms with Gasteiger partial charge in [-0.15, -0.1) is 0 Å². The third kappa shape index (κ3) is 2.20. The Kier molecular flexibility index (Phi) is 3.62. The Morgan fingerprint density at radius 3 is 2.90 bits per heavy atom. The molecule has 0 bridgehead atoms. The van der Waals surface area contributed by atoms with Gasteiger partial charge < -0.3 is 10.0 Å². The minimum absolute atomic E-state index is 0.0938. The molecule has 1 aliphatic heterocycles. The molecule has 1 saturated carbocycles. The van der Waals surface area contributed by atoms with Crippen molar-refractivity contribution in [3.8, 4) is 6.07 Å². The maximum absolute atomic E-state index is 14.5. The van der Waals surface area contributed by atoms with E-state index in [1.54, 1.807) is 4.90 Å². The summed E-state index contributed by atoms with van der Waals surface area (Å²) in [5.74, 6) is -1.04. The Morgan fingerprint density at radius 1 is 1.48 bits per heavy atom. The summed E-state index contributed by atoms with van der Waals surface area (Å²) >= 11 is 3.08. The van der Waals surface area contributed by atoms with Crippen LogP contribution >= 0.6 is 15.9 Å². The molecule has 2 fully saturated rings. The summed E-state index contributed by atoms with van der Waals surface area (Å²) in [4.78, 5) is 13.3. The summed E-state index contributed by atoms with van der Waals surface area (Å²) in [5.41, 5.74) is 0.477. The van der Waals surface area contributed by atoms with Crippen LogP contribution in [0.25, 0.3) is 0 Å². The number of carboxylic acids is 1. The number of halogens is 2. The third-order valence-corrected chi connectivity index (χ3v) is 5.41. The molecule has 0 aromatic heterocycles. The smallest absolute Gasteiger partial charge is 0.326 e. The van der Waals surface area contributed by atoms with Crippen LogP contribution in [-0.4, -0.2) is 23.7 Å². The zero-order valence-corrected chi connectivity index (χ0v) is 12.8. The number of benzene rings is 1. The number of anilines is 1. The standard InChI is InChI=1S/C15H14BrFN2O2/c16-12-8(6-18)4-5-11(13(12)17)19-7-9-2-1-3-10(9)14(19)15(20)21/h4-5,9-10,14H,1-3,7H2,(H,20,21). The largest absolute Gasteiger partial charge is 0.480 e. The van der Waals surface area contributed by atoms with Gasteiger partial charge in [0.15, 0.2) is 5.82 Å². The lowest BCUT2D eigenvalue weighted by Gasteiger charge is -2.27. The SMILES string of the molecule is N#Cc1ccc(N2CC3CCCC3C2C(=O)O)c(F)c1Br. The van der Waals surface area contributed by atoms with Crippen LogP contribution in [0.1, 0.15) is 24.8 Å². The highest BCUT2D eigenvalue weighted by atomic mass is 79.9. The number of hydrogen-bond acceptors (Lipinski definition) is 3. The van der Waals surface area contributed by atoms with Crippen molar-refractivity contribution in [3.05, 3.63) is 28.0 Å². The van der Waals surface area contributed by atoms with Gasteiger partial charge in [-0.3, -0.25) is 0 Å². The van der Waals surface area contributed by atoms with Crippen LogP contribution in [0.4, 0.5) is 10.1 Å². The van der Waals surface area contributed by atoms with Gasteiger partial charge in [-0.1, -0.05) is 6.42 Å². The van der Waals surface area contributed by atoms with E-state index < -0.39 is 17.8 Å². The Bertz CT molecular complexity index is 643. The van der Waals surface area contributed by atoms with Crippen LogP contribution < -0.4 is 4.90 Å². The number of carboxylic acid groups (broad SMARTS) is 1. The predicted octanol–water partition coefficient (Wildman–Crippen LogP) is 3.15. The van der Waals surface area contributed by atoms with Gasteiger partial charge in [-0.05, 0) is 52.7 Å². The topological polar surface area (TPSA) is 64.3 Å². The second-order valence-electron chi connectivity index (χ2n) is 5.66. The van der Waals surface area contributed by atoms with Crippen LogP contribution in [0.3, 0.4) is 0 Å². The molecule has 0 radical (unpaired) electrons. The number of rotatable bonds is 2. The first-order chi connectivity index (χ1) is 10.0. The van der Waals surface area contributed by atoms with Crippen LogP contribution in [0.15, 0.2) is 16.6 Å². The second kappa shape index (κ2) is 5.30. The first kappa shape index (κ1) is 14.3. The third-order valence-electron chi connectivity index (χ3n) is 4.64. The molecule has 1 saturated heterocycles. The minimum Gasteiger partial charge on any atom is -0.480 e. The van der Waals surface area contributed by atoms with Crippen LogP contribution in [0.2, 0.25) is 0 Å². The summed E-state index contributed by atoms with van der Waals surface area (Å²) in [6.07, 6.45) is 2.94. The molecule has 3 rings (SSSR count). The summed E-state index contributed by atoms with van der Waals surface area (Å²) in [5, 5.41) is 18.4. The Morgan fingerprint density at radius 2 is 2.24 bits per heavy atom. The van der Waals surface area contributed by atoms with Gasteiger partial charge in [0.25, 0.3) is 0 Å². The zero-order valence-electron chi connectivity index (χ0n) is 11.2. The normalized spacial score (nSPS) is 27.5. The van der Waals surface area contributed by atoms with Gasteiger partial charge in [0, 0.05) is 6.54 Å². The molecular weight excluding hydrogens is 339 g/mol. The zero-order chi connectivity index (χ0) is 15.1. The van der Waals surface area contributed by atoms with Crippen molar-refractivity contribution in [3.63, 3.8) is 0 Å². The van der Waals surface area contributed by atoms with Crippen LogP contribution in [0, 0.1) is 29.0 Å². The molecule has 1 heterocycles. The number of nitriles is 1. The van der Waals surface area contributed by atoms with Crippen molar-refractivity contribution < 1.29 is 14.3 Å². The van der Waals surface area contributed by atoms with Gasteiger partial charge >= 0.3 is 5.97 Å². The van der Waals surface area contributed by atoms with E-state index in [1.165, 1.54) is 12.1 Å². The van der Waals surface area contributed by atoms with Gasteiger partial charge in [-0.25, -0.2) is 9.18 Å². The van der Waals surface area contributed by atoms with Gasteiger partial charge in [0.2, 0.25) is 0 Å². The van der Waals surface area contributed by atoms with E-state index in [4.69, 9.17) is 5.26 Å². The summed E-state index contributed by atoms with van der Waals surface area (Å²) in [6, 6.07) is 4.26. The molecule has 1 aliphatic carbocycles. The van der Waals surface area contributed by atoms with E-state index in [-0.39, 0.29) is 21.6 Å². The van der Waals surface area contributed by atoms with E-state index in [9.17, 15) is 14.3 Å². The number of fused-ring (bicyclic) bond motifs is 1. The highest BCUT2D eigenvalue weighted by Crippen LogP contribution is 2.45. The monoisotopic (exact) mass is 352 g/mol. The molecule has 1 aromatic rings. The van der Waals surface area contributed by atoms with Crippen molar-refractivity contribution in [1.29, 1.82) is 5.26 Å². The fraction of sp³-hybridized carbons (Fsp3) is 0.467. The summed E-state index contributed by atoms with van der Waals surface area (Å²) in [6.45, 7) is 0.566. The van der Waals surface area contributed by atoms with Crippen molar-refractivity contribution in [1.82, 2.24) is 0 Å². The van der Waals surface area contributed by atoms with E-state index in [0.717, 1.165) is 19.3 Å². The predicted molar refractivity (Wildman–Crippen MR) is 78.4 cm³/mol. The molecule has 0 amide bonds. The van der Waals surface area contributed by atoms with Crippen LogP contribution in [0.5, 0.6) is 0 Å². The molecule has 3 unspecified atom stereocenters. The van der Waals surface area contributed by atoms with E-state index >= 15 is 0 Å². The highest BCUT2D eigenvalue weighted by Gasteiger charge is 2.48. The van der Waals surface area contributed by atoms with Gasteiger partial charge in [-0.2, -0.15) is 5.26 Å². The average Bonchev–Trinajstić information content (AvgIpc) is 3.01. The van der Waals surface area contributed by atoms with Gasteiger partial charge in [0.05, 0.1) is 15.7 Å². The first-order valence-corrected chi connectivity index (χ1v) is 7.71. The van der Waals surface area contributed by atoms with Crippen molar-refractivity contribution in [2.45, 2.75) is 25.3 Å². The Labute approximate surface area is 130 Å². The molecule has 1 N–H and O–H groups in total. The minimum atomic E-state index is -0.899. The van der Waals surface area contributed by atoms with Crippen molar-refractivity contribution in [2.75, 3.05) is 11.4 Å². The van der Waals surface area contributed by atoms with Gasteiger partial charge in [0.1, 0.15) is 12.1 Å². The molecule has 3 atom stereocenters. The number of carbonyl (C=O) groups is 1. The van der Waals surface area contributed by atoms with Crippen LogP contribution in [-0.2, 0) is 4.79 Å². The highest BCUT2D eigenvalue weighted by molar-refractivity contribution is 9.10. The maximum Gasteiger partial charge on any atom is 0.326 e. The molecule has 2 aliphatic rings. The average molecular weight is 353 g/mol. The molecule has 0 spiro atoms. The van der Waals surface area contributed by atoms with Crippen molar-refractivity contribution >= 4 is 27.6 Å². The molecular formula is C15H14BrFN2O2.